The standard InChI is InChI=1S/C21H32O5.C3H10Si/c1-19-7-5-13(23)9-12(19)3-4-14-15-6-8-21(26,17(25)11-22)20(15,2)10-16(24)18(14)19;1-4(2)3/h12-15,18,22-23,26H,3-11H2,1-2H3;4H,1-3H3/t12-,13-,14+,15+,18-,19+,20+,21+;/m1./s1. The summed E-state index contributed by atoms with van der Waals surface area (Å²) < 4.78 is 0. The van der Waals surface area contributed by atoms with Crippen LogP contribution in [-0.2, 0) is 9.59 Å². The van der Waals surface area contributed by atoms with Crippen molar-refractivity contribution in [2.75, 3.05) is 6.61 Å². The van der Waals surface area contributed by atoms with Crippen molar-refractivity contribution in [3.63, 3.8) is 0 Å². The largest absolute Gasteiger partial charge is 0.393 e. The third-order valence-corrected chi connectivity index (χ3v) is 9.08. The van der Waals surface area contributed by atoms with E-state index in [4.69, 9.17) is 0 Å². The highest BCUT2D eigenvalue weighted by atomic mass is 28.3. The first-order chi connectivity index (χ1) is 13.9. The summed E-state index contributed by atoms with van der Waals surface area (Å²) in [5, 5.41) is 30.6. The molecule has 3 N–H and O–H groups in total. The monoisotopic (exact) mass is 438 g/mol. The maximum absolute atomic E-state index is 13.4. The van der Waals surface area contributed by atoms with Crippen LogP contribution < -0.4 is 0 Å². The number of hydrogen-bond acceptors (Lipinski definition) is 5. The van der Waals surface area contributed by atoms with Gasteiger partial charge in [0.1, 0.15) is 18.0 Å². The average molecular weight is 439 g/mol. The van der Waals surface area contributed by atoms with Crippen molar-refractivity contribution in [1.82, 2.24) is 0 Å². The van der Waals surface area contributed by atoms with Crippen LogP contribution in [0.5, 0.6) is 0 Å². The zero-order chi connectivity index (χ0) is 22.5. The normalized spacial score (nSPS) is 47.6. The minimum atomic E-state index is -1.58. The molecule has 0 aromatic rings. The van der Waals surface area contributed by atoms with Crippen LogP contribution in [0.15, 0.2) is 0 Å². The SMILES string of the molecule is C[C@]12CC[C@@H](O)C[C@H]1CC[C@@H]1[C@@H]2C(=O)C[C@@]2(C)[C@H]1CC[C@]2(O)C(=O)CO.C[SiH](C)C. The molecule has 0 aromatic heterocycles. The molecule has 4 fully saturated rings. The first-order valence-corrected chi connectivity index (χ1v) is 15.4. The van der Waals surface area contributed by atoms with Gasteiger partial charge in [0.2, 0.25) is 0 Å². The van der Waals surface area contributed by atoms with Crippen LogP contribution in [0.4, 0.5) is 0 Å². The van der Waals surface area contributed by atoms with Gasteiger partial charge in [0.05, 0.1) is 6.10 Å². The molecule has 0 aliphatic heterocycles. The summed E-state index contributed by atoms with van der Waals surface area (Å²) in [5.74, 6) is 0.380. The van der Waals surface area contributed by atoms with E-state index in [-0.39, 0.29) is 50.3 Å². The maximum Gasteiger partial charge on any atom is 0.190 e. The van der Waals surface area contributed by atoms with Crippen LogP contribution in [-0.4, -0.2) is 54.0 Å². The van der Waals surface area contributed by atoms with Crippen molar-refractivity contribution in [2.24, 2.45) is 34.5 Å². The molecule has 5 nitrogen and oxygen atoms in total. The summed E-state index contributed by atoms with van der Waals surface area (Å²) in [6.07, 6.45) is 5.47. The molecule has 4 rings (SSSR count). The maximum atomic E-state index is 13.4. The van der Waals surface area contributed by atoms with Crippen molar-refractivity contribution in [3.05, 3.63) is 0 Å². The van der Waals surface area contributed by atoms with Crippen LogP contribution in [0.1, 0.15) is 65.2 Å². The van der Waals surface area contributed by atoms with Crippen molar-refractivity contribution < 1.29 is 24.9 Å². The Bertz CT molecular complexity index is 678. The molecule has 4 aliphatic carbocycles. The van der Waals surface area contributed by atoms with Crippen molar-refractivity contribution in [1.29, 1.82) is 0 Å². The second-order valence-corrected chi connectivity index (χ2v) is 15.2. The molecule has 30 heavy (non-hydrogen) atoms. The molecule has 0 heterocycles. The Labute approximate surface area is 183 Å². The van der Waals surface area contributed by atoms with Gasteiger partial charge in [-0.05, 0) is 68.1 Å². The number of ketones is 2. The second kappa shape index (κ2) is 8.42. The molecule has 6 heteroatoms. The predicted octanol–water partition coefficient (Wildman–Crippen LogP) is 2.96. The van der Waals surface area contributed by atoms with E-state index in [0.29, 0.717) is 12.3 Å². The van der Waals surface area contributed by atoms with E-state index in [9.17, 15) is 24.9 Å². The fraction of sp³-hybridized carbons (Fsp3) is 0.917. The first kappa shape index (κ1) is 24.1. The summed E-state index contributed by atoms with van der Waals surface area (Å²) in [6, 6.07) is 0. The van der Waals surface area contributed by atoms with Gasteiger partial charge in [-0.1, -0.05) is 33.5 Å². The Morgan fingerprint density at radius 3 is 2.33 bits per heavy atom. The van der Waals surface area contributed by atoms with E-state index in [0.717, 1.165) is 38.5 Å². The molecule has 4 saturated carbocycles. The number of aliphatic hydroxyl groups is 3. The number of carbonyl (C=O) groups excluding carboxylic acids is 2. The van der Waals surface area contributed by atoms with Gasteiger partial charge in [0.25, 0.3) is 0 Å². The molecule has 0 saturated heterocycles. The van der Waals surface area contributed by atoms with Crippen LogP contribution in [0.25, 0.3) is 0 Å². The fourth-order valence-electron chi connectivity index (χ4n) is 7.64. The van der Waals surface area contributed by atoms with E-state index in [1.165, 1.54) is 0 Å². The Hall–Kier alpha value is -0.563. The second-order valence-electron chi connectivity index (χ2n) is 11.7. The molecule has 0 aromatic carbocycles. The molecular formula is C24H42O5Si. The summed E-state index contributed by atoms with van der Waals surface area (Å²) in [6.45, 7) is 10.4. The van der Waals surface area contributed by atoms with Crippen molar-refractivity contribution in [3.8, 4) is 0 Å². The highest BCUT2D eigenvalue weighted by Gasteiger charge is 2.68. The molecule has 0 unspecified atom stereocenters. The van der Waals surface area contributed by atoms with E-state index < -0.39 is 23.4 Å². The molecule has 0 radical (unpaired) electrons. The third-order valence-electron chi connectivity index (χ3n) is 9.08. The number of fused-ring (bicyclic) bond motifs is 5. The highest BCUT2D eigenvalue weighted by molar-refractivity contribution is 6.54. The average Bonchev–Trinajstić information content (AvgIpc) is 2.92. The number of hydrogen-bond donors (Lipinski definition) is 3. The van der Waals surface area contributed by atoms with Gasteiger partial charge in [-0.25, -0.2) is 0 Å². The zero-order valence-electron chi connectivity index (χ0n) is 19.5. The molecule has 8 atom stereocenters. The third kappa shape index (κ3) is 3.65. The summed E-state index contributed by atoms with van der Waals surface area (Å²) in [4.78, 5) is 25.7. The topological polar surface area (TPSA) is 94.8 Å². The van der Waals surface area contributed by atoms with Gasteiger partial charge < -0.3 is 15.3 Å². The van der Waals surface area contributed by atoms with Gasteiger partial charge in [-0.2, -0.15) is 0 Å². The Kier molecular flexibility index (Phi) is 6.76. The van der Waals surface area contributed by atoms with Crippen molar-refractivity contribution >= 4 is 20.4 Å². The molecule has 172 valence electrons. The van der Waals surface area contributed by atoms with Gasteiger partial charge in [0, 0.05) is 26.6 Å². The van der Waals surface area contributed by atoms with Gasteiger partial charge in [0.15, 0.2) is 5.78 Å². The van der Waals surface area contributed by atoms with Crippen LogP contribution in [0.2, 0.25) is 19.6 Å². The van der Waals surface area contributed by atoms with Crippen LogP contribution >= 0.6 is 0 Å². The summed E-state index contributed by atoms with van der Waals surface area (Å²) in [5.41, 5.74) is -2.40. The Balaban J connectivity index is 0.000000589. The molecule has 0 bridgehead atoms. The zero-order valence-corrected chi connectivity index (χ0v) is 20.6. The van der Waals surface area contributed by atoms with Crippen LogP contribution in [0.3, 0.4) is 0 Å². The smallest absolute Gasteiger partial charge is 0.190 e. The molecule has 0 amide bonds. The molecular weight excluding hydrogens is 396 g/mol. The van der Waals surface area contributed by atoms with E-state index >= 15 is 0 Å². The van der Waals surface area contributed by atoms with Crippen LogP contribution in [0, 0.1) is 34.5 Å². The predicted molar refractivity (Wildman–Crippen MR) is 120 cm³/mol. The number of Topliss-reactive ketones (excluding diaryl/α,β-unsaturated/α-hetero) is 2. The van der Waals surface area contributed by atoms with E-state index in [1.807, 2.05) is 6.92 Å². The highest BCUT2D eigenvalue weighted by Crippen LogP contribution is 2.67. The fourth-order valence-corrected chi connectivity index (χ4v) is 7.64. The first-order valence-electron chi connectivity index (χ1n) is 12.0. The summed E-state index contributed by atoms with van der Waals surface area (Å²) in [7, 11) is -0.139. The minimum Gasteiger partial charge on any atom is -0.393 e. The number of aliphatic hydroxyl groups excluding tert-OH is 2. The lowest BCUT2D eigenvalue weighted by Crippen LogP contribution is -2.62. The lowest BCUT2D eigenvalue weighted by Gasteiger charge is -2.60. The number of rotatable bonds is 2. The van der Waals surface area contributed by atoms with E-state index in [1.54, 1.807) is 0 Å². The molecule has 4 aliphatic rings. The quantitative estimate of drug-likeness (QED) is 0.576. The summed E-state index contributed by atoms with van der Waals surface area (Å²) >= 11 is 0. The number of carbonyl (C=O) groups is 2. The van der Waals surface area contributed by atoms with E-state index in [2.05, 4.69) is 26.6 Å². The van der Waals surface area contributed by atoms with Gasteiger partial charge >= 0.3 is 0 Å². The van der Waals surface area contributed by atoms with Gasteiger partial charge in [-0.15, -0.1) is 0 Å². The minimum absolute atomic E-state index is 0.0154. The Morgan fingerprint density at radius 2 is 1.73 bits per heavy atom. The lowest BCUT2D eigenvalue weighted by molar-refractivity contribution is -0.180. The molecule has 0 spiro atoms. The lowest BCUT2D eigenvalue weighted by atomic mass is 9.44. The Morgan fingerprint density at radius 1 is 1.10 bits per heavy atom. The van der Waals surface area contributed by atoms with Gasteiger partial charge in [-0.3, -0.25) is 9.59 Å². The van der Waals surface area contributed by atoms with Crippen molar-refractivity contribution in [2.45, 2.75) is 96.6 Å².